The highest BCUT2D eigenvalue weighted by Gasteiger charge is 2.48. The molecular formula is C25H36N4O. The van der Waals surface area contributed by atoms with Gasteiger partial charge in [-0.2, -0.15) is 5.10 Å². The topological polar surface area (TPSA) is 52.0 Å². The molecule has 2 aromatic heterocycles. The average Bonchev–Trinajstić information content (AvgIpc) is 3.47. The summed E-state index contributed by atoms with van der Waals surface area (Å²) in [7, 11) is 0. The monoisotopic (exact) mass is 408 g/mol. The van der Waals surface area contributed by atoms with E-state index in [1.54, 1.807) is 0 Å². The lowest BCUT2D eigenvalue weighted by atomic mass is 9.68. The number of fused-ring (bicyclic) bond motifs is 1. The number of nitrogens with zero attached hydrogens (tertiary/aromatic N) is 3. The summed E-state index contributed by atoms with van der Waals surface area (Å²) in [5.41, 5.74) is 2.81. The van der Waals surface area contributed by atoms with Gasteiger partial charge >= 0.3 is 0 Å². The minimum absolute atomic E-state index is 0.0878. The minimum atomic E-state index is 0.0878. The Bertz CT molecular complexity index is 842. The zero-order chi connectivity index (χ0) is 20.6. The smallest absolute Gasteiger partial charge is 0.0691 e. The third-order valence-electron chi connectivity index (χ3n) is 7.99. The van der Waals surface area contributed by atoms with Crippen LogP contribution < -0.4 is 5.32 Å². The van der Waals surface area contributed by atoms with E-state index in [0.29, 0.717) is 18.0 Å². The zero-order valence-corrected chi connectivity index (χ0v) is 18.5. The van der Waals surface area contributed by atoms with Crippen molar-refractivity contribution in [2.24, 2.45) is 5.92 Å². The normalized spacial score (nSPS) is 30.2. The van der Waals surface area contributed by atoms with Crippen molar-refractivity contribution in [2.45, 2.75) is 88.3 Å². The van der Waals surface area contributed by atoms with Gasteiger partial charge in [-0.15, -0.1) is 0 Å². The first-order chi connectivity index (χ1) is 14.6. The van der Waals surface area contributed by atoms with E-state index in [-0.39, 0.29) is 11.0 Å². The minimum Gasteiger partial charge on any atom is -0.375 e. The van der Waals surface area contributed by atoms with Crippen LogP contribution in [0.2, 0.25) is 0 Å². The fourth-order valence-corrected chi connectivity index (χ4v) is 6.36. The average molecular weight is 409 g/mol. The molecule has 1 spiro atoms. The number of nitrogens with one attached hydrogen (secondary N) is 1. The lowest BCUT2D eigenvalue weighted by Gasteiger charge is -2.46. The predicted octanol–water partition coefficient (Wildman–Crippen LogP) is 4.96. The molecule has 30 heavy (non-hydrogen) atoms. The van der Waals surface area contributed by atoms with Crippen LogP contribution >= 0.6 is 0 Å². The van der Waals surface area contributed by atoms with Crippen LogP contribution in [0, 0.1) is 5.92 Å². The van der Waals surface area contributed by atoms with Crippen LogP contribution in [0.5, 0.6) is 0 Å². The molecule has 3 aliphatic rings. The van der Waals surface area contributed by atoms with E-state index in [2.05, 4.69) is 47.1 Å². The molecule has 1 saturated carbocycles. The molecule has 162 valence electrons. The van der Waals surface area contributed by atoms with Gasteiger partial charge in [0.05, 0.1) is 23.4 Å². The second-order valence-electron chi connectivity index (χ2n) is 10.2. The Morgan fingerprint density at radius 2 is 2.03 bits per heavy atom. The molecule has 1 aliphatic carbocycles. The summed E-state index contributed by atoms with van der Waals surface area (Å²) in [6.07, 6.45) is 13.4. The number of hydrogen-bond acceptors (Lipinski definition) is 4. The first kappa shape index (κ1) is 20.2. The van der Waals surface area contributed by atoms with Gasteiger partial charge in [-0.1, -0.05) is 32.8 Å². The number of rotatable bonds is 6. The summed E-state index contributed by atoms with van der Waals surface area (Å²) in [6.45, 7) is 6.48. The van der Waals surface area contributed by atoms with Crippen LogP contribution in [0.25, 0.3) is 0 Å². The van der Waals surface area contributed by atoms with Gasteiger partial charge < -0.3 is 10.1 Å². The van der Waals surface area contributed by atoms with Crippen molar-refractivity contribution in [2.75, 3.05) is 13.2 Å². The third-order valence-corrected chi connectivity index (χ3v) is 7.99. The molecule has 0 aromatic carbocycles. The molecule has 5 nitrogen and oxygen atoms in total. The molecule has 1 saturated heterocycles. The van der Waals surface area contributed by atoms with Gasteiger partial charge in [0.1, 0.15) is 0 Å². The molecule has 4 heterocycles. The summed E-state index contributed by atoms with van der Waals surface area (Å²) in [5.74, 6) is 0.605. The van der Waals surface area contributed by atoms with Crippen LogP contribution in [-0.2, 0) is 10.2 Å². The number of pyridine rings is 1. The summed E-state index contributed by atoms with van der Waals surface area (Å²) < 4.78 is 8.65. The highest BCUT2D eigenvalue weighted by Crippen LogP contribution is 2.49. The first-order valence-electron chi connectivity index (χ1n) is 11.9. The standard InChI is InChI=1S/C25H36N4O/c1-19(2)22-17-20(21-8-14-28-29(21)22)26-15-11-24(23-7-3-6-13-27-23)12-16-30-25(18-24)9-4-5-10-25/h3,6-8,13-14,19-20,22,26H,4-5,9-12,15-18H2,1-2H3/t20-,22-,24-/m1/s1. The first-order valence-corrected chi connectivity index (χ1v) is 11.9. The van der Waals surface area contributed by atoms with E-state index in [4.69, 9.17) is 9.72 Å². The van der Waals surface area contributed by atoms with Crippen molar-refractivity contribution in [3.05, 3.63) is 48.0 Å². The Labute approximate surface area is 180 Å². The lowest BCUT2D eigenvalue weighted by Crippen LogP contribution is -2.47. The van der Waals surface area contributed by atoms with Crippen molar-refractivity contribution >= 4 is 0 Å². The van der Waals surface area contributed by atoms with Gasteiger partial charge in [-0.3, -0.25) is 9.67 Å². The Morgan fingerprint density at radius 3 is 2.80 bits per heavy atom. The summed E-state index contributed by atoms with van der Waals surface area (Å²) in [5, 5.41) is 8.51. The Hall–Kier alpha value is -1.72. The number of hydrogen-bond donors (Lipinski definition) is 1. The predicted molar refractivity (Wildman–Crippen MR) is 118 cm³/mol. The SMILES string of the molecule is CC(C)[C@H]1C[C@@H](NCC[C@@]2(c3ccccn3)CCOC3(CCCC3)C2)c2ccnn21. The maximum atomic E-state index is 6.40. The van der Waals surface area contributed by atoms with Crippen LogP contribution in [-0.4, -0.2) is 33.5 Å². The van der Waals surface area contributed by atoms with Crippen molar-refractivity contribution in [1.29, 1.82) is 0 Å². The van der Waals surface area contributed by atoms with Gasteiger partial charge in [-0.25, -0.2) is 0 Å². The van der Waals surface area contributed by atoms with E-state index in [0.717, 1.165) is 38.8 Å². The van der Waals surface area contributed by atoms with Crippen molar-refractivity contribution in [1.82, 2.24) is 20.1 Å². The molecule has 0 amide bonds. The molecule has 0 radical (unpaired) electrons. The third kappa shape index (κ3) is 3.60. The van der Waals surface area contributed by atoms with Crippen LogP contribution in [0.1, 0.15) is 88.7 Å². The second kappa shape index (κ2) is 8.08. The van der Waals surface area contributed by atoms with Crippen LogP contribution in [0.3, 0.4) is 0 Å². The van der Waals surface area contributed by atoms with Crippen molar-refractivity contribution < 1.29 is 4.74 Å². The van der Waals surface area contributed by atoms with Gasteiger partial charge in [0.2, 0.25) is 0 Å². The van der Waals surface area contributed by atoms with Gasteiger partial charge in [0.25, 0.3) is 0 Å². The lowest BCUT2D eigenvalue weighted by molar-refractivity contribution is -0.104. The van der Waals surface area contributed by atoms with E-state index in [1.807, 2.05) is 18.5 Å². The summed E-state index contributed by atoms with van der Waals surface area (Å²) in [6, 6.07) is 9.52. The van der Waals surface area contributed by atoms with E-state index >= 15 is 0 Å². The molecule has 0 bridgehead atoms. The van der Waals surface area contributed by atoms with E-state index < -0.39 is 0 Å². The Balaban J connectivity index is 1.32. The van der Waals surface area contributed by atoms with Gasteiger partial charge in [-0.05, 0) is 69.2 Å². The Morgan fingerprint density at radius 1 is 1.17 bits per heavy atom. The van der Waals surface area contributed by atoms with Gasteiger partial charge in [0.15, 0.2) is 0 Å². The second-order valence-corrected chi connectivity index (χ2v) is 10.2. The summed E-state index contributed by atoms with van der Waals surface area (Å²) >= 11 is 0. The molecule has 3 atom stereocenters. The molecule has 2 fully saturated rings. The zero-order valence-electron chi connectivity index (χ0n) is 18.5. The van der Waals surface area contributed by atoms with Crippen LogP contribution in [0.15, 0.2) is 36.7 Å². The van der Waals surface area contributed by atoms with Gasteiger partial charge in [0, 0.05) is 30.1 Å². The molecule has 5 rings (SSSR count). The molecule has 0 unspecified atom stereocenters. The highest BCUT2D eigenvalue weighted by molar-refractivity contribution is 5.21. The maximum absolute atomic E-state index is 6.40. The molecule has 2 aliphatic heterocycles. The maximum Gasteiger partial charge on any atom is 0.0691 e. The molecular weight excluding hydrogens is 372 g/mol. The molecule has 2 aromatic rings. The van der Waals surface area contributed by atoms with Crippen molar-refractivity contribution in [3.63, 3.8) is 0 Å². The summed E-state index contributed by atoms with van der Waals surface area (Å²) in [4.78, 5) is 4.85. The highest BCUT2D eigenvalue weighted by atomic mass is 16.5. The van der Waals surface area contributed by atoms with E-state index in [9.17, 15) is 0 Å². The number of aromatic nitrogens is 3. The quantitative estimate of drug-likeness (QED) is 0.734. The fraction of sp³-hybridized carbons (Fsp3) is 0.680. The molecule has 5 heteroatoms. The van der Waals surface area contributed by atoms with E-state index in [1.165, 1.54) is 37.1 Å². The fourth-order valence-electron chi connectivity index (χ4n) is 6.36. The molecule has 1 N–H and O–H groups in total. The largest absolute Gasteiger partial charge is 0.375 e. The van der Waals surface area contributed by atoms with Crippen LogP contribution in [0.4, 0.5) is 0 Å². The Kier molecular flexibility index (Phi) is 5.44. The number of ether oxygens (including phenoxy) is 1. The van der Waals surface area contributed by atoms with Crippen molar-refractivity contribution in [3.8, 4) is 0 Å².